The van der Waals surface area contributed by atoms with E-state index in [0.717, 1.165) is 22.0 Å². The number of hydrazine groups is 1. The molecule has 1 heterocycles. The molecule has 2 aromatic rings. The fourth-order valence-electron chi connectivity index (χ4n) is 5.10. The Kier molecular flexibility index (Phi) is 5.38. The Labute approximate surface area is 200 Å². The second-order valence-corrected chi connectivity index (χ2v) is 9.58. The third-order valence-corrected chi connectivity index (χ3v) is 7.50. The van der Waals surface area contributed by atoms with Crippen molar-refractivity contribution in [3.05, 3.63) is 81.4 Å². The van der Waals surface area contributed by atoms with Crippen LogP contribution in [0.3, 0.4) is 0 Å². The summed E-state index contributed by atoms with van der Waals surface area (Å²) in [6.45, 7) is 1.44. The number of amides is 3. The van der Waals surface area contributed by atoms with Gasteiger partial charge in [-0.05, 0) is 43.4 Å². The van der Waals surface area contributed by atoms with E-state index in [1.807, 2.05) is 19.1 Å². The molecule has 33 heavy (non-hydrogen) atoms. The zero-order valence-corrected chi connectivity index (χ0v) is 19.2. The SMILES string of the molecule is Cc1ccc(C(=O)CN(C(=O)c2ccc(Cl)c(Cl)c2)N2C(=O)[C@@H]3[C@@H](C2=O)[C@H]2C=C[C@H]3C2)cc1. The monoisotopic (exact) mass is 482 g/mol. The zero-order valence-electron chi connectivity index (χ0n) is 17.7. The molecule has 0 unspecified atom stereocenters. The van der Waals surface area contributed by atoms with E-state index in [9.17, 15) is 19.2 Å². The van der Waals surface area contributed by atoms with Crippen molar-refractivity contribution in [3.8, 4) is 0 Å². The van der Waals surface area contributed by atoms with Crippen LogP contribution in [0.4, 0.5) is 0 Å². The van der Waals surface area contributed by atoms with Crippen molar-refractivity contribution in [1.82, 2.24) is 10.0 Å². The van der Waals surface area contributed by atoms with Gasteiger partial charge in [-0.25, -0.2) is 5.01 Å². The van der Waals surface area contributed by atoms with Crippen LogP contribution in [-0.2, 0) is 9.59 Å². The molecular formula is C25H20Cl2N2O4. The van der Waals surface area contributed by atoms with Crippen LogP contribution in [0, 0.1) is 30.6 Å². The van der Waals surface area contributed by atoms with Gasteiger partial charge in [0, 0.05) is 11.1 Å². The maximum atomic E-state index is 13.5. The standard InChI is InChI=1S/C25H20Cl2N2O4/c1-13-2-4-14(5-3-13)20(30)12-28(23(31)17-8-9-18(26)19(27)11-17)29-24(32)21-15-6-7-16(10-15)22(21)25(29)33/h2-9,11,15-16,21-22H,10,12H2,1H3/t15-,16-,21-,22-/m0/s1. The molecule has 168 valence electrons. The Hall–Kier alpha value is -2.96. The zero-order chi connectivity index (χ0) is 23.4. The number of nitrogens with zero attached hydrogens (tertiary/aromatic N) is 2. The molecule has 1 saturated heterocycles. The number of hydrogen-bond donors (Lipinski definition) is 0. The highest BCUT2D eigenvalue weighted by Gasteiger charge is 2.61. The molecule has 2 aromatic carbocycles. The predicted octanol–water partition coefficient (Wildman–Crippen LogP) is 4.35. The molecule has 2 fully saturated rings. The minimum absolute atomic E-state index is 0.0174. The number of ketones is 1. The molecule has 0 aromatic heterocycles. The lowest BCUT2D eigenvalue weighted by Crippen LogP contribution is -2.52. The summed E-state index contributed by atoms with van der Waals surface area (Å²) in [7, 11) is 0. The third-order valence-electron chi connectivity index (χ3n) is 6.76. The van der Waals surface area contributed by atoms with Gasteiger partial charge in [0.25, 0.3) is 17.7 Å². The Morgan fingerprint density at radius 1 is 0.909 bits per heavy atom. The summed E-state index contributed by atoms with van der Waals surface area (Å²) in [4.78, 5) is 53.3. The Balaban J connectivity index is 1.51. The number of imide groups is 1. The van der Waals surface area contributed by atoms with Gasteiger partial charge in [-0.3, -0.25) is 19.2 Å². The van der Waals surface area contributed by atoms with Gasteiger partial charge >= 0.3 is 0 Å². The number of Topliss-reactive ketones (excluding diaryl/α,β-unsaturated/α-hetero) is 1. The number of carbonyl (C=O) groups excluding carboxylic acids is 4. The van der Waals surface area contributed by atoms with Crippen molar-refractivity contribution in [1.29, 1.82) is 0 Å². The van der Waals surface area contributed by atoms with Gasteiger partial charge in [0.05, 0.1) is 21.9 Å². The minimum Gasteiger partial charge on any atom is -0.292 e. The van der Waals surface area contributed by atoms with Gasteiger partial charge in [-0.2, -0.15) is 5.01 Å². The summed E-state index contributed by atoms with van der Waals surface area (Å²) < 4.78 is 0. The molecular weight excluding hydrogens is 463 g/mol. The lowest BCUT2D eigenvalue weighted by molar-refractivity contribution is -0.154. The number of allylic oxidation sites excluding steroid dienone is 2. The van der Waals surface area contributed by atoms with Crippen molar-refractivity contribution < 1.29 is 19.2 Å². The highest BCUT2D eigenvalue weighted by Crippen LogP contribution is 2.52. The van der Waals surface area contributed by atoms with Crippen molar-refractivity contribution in [2.45, 2.75) is 13.3 Å². The average molecular weight is 483 g/mol. The van der Waals surface area contributed by atoms with Crippen LogP contribution < -0.4 is 0 Å². The van der Waals surface area contributed by atoms with E-state index in [0.29, 0.717) is 5.56 Å². The molecule has 2 bridgehead atoms. The van der Waals surface area contributed by atoms with E-state index in [4.69, 9.17) is 23.2 Å². The molecule has 6 nitrogen and oxygen atoms in total. The van der Waals surface area contributed by atoms with Gasteiger partial charge in [-0.15, -0.1) is 0 Å². The summed E-state index contributed by atoms with van der Waals surface area (Å²) in [5, 5.41) is 2.27. The van der Waals surface area contributed by atoms with Crippen molar-refractivity contribution in [3.63, 3.8) is 0 Å². The molecule has 0 radical (unpaired) electrons. The number of benzene rings is 2. The quantitative estimate of drug-likeness (QED) is 0.360. The van der Waals surface area contributed by atoms with Gasteiger partial charge < -0.3 is 0 Å². The maximum Gasteiger partial charge on any atom is 0.273 e. The minimum atomic E-state index is -0.670. The second kappa shape index (κ2) is 8.12. The van der Waals surface area contributed by atoms with Gasteiger partial charge in [0.1, 0.15) is 6.54 Å². The first-order chi connectivity index (χ1) is 15.8. The number of fused-ring (bicyclic) bond motifs is 5. The van der Waals surface area contributed by atoms with Crippen LogP contribution in [0.15, 0.2) is 54.6 Å². The predicted molar refractivity (Wildman–Crippen MR) is 123 cm³/mol. The maximum absolute atomic E-state index is 13.5. The third kappa shape index (κ3) is 3.58. The Bertz CT molecular complexity index is 1190. The van der Waals surface area contributed by atoms with E-state index in [2.05, 4.69) is 0 Å². The largest absolute Gasteiger partial charge is 0.292 e. The molecule has 5 rings (SSSR count). The van der Waals surface area contributed by atoms with E-state index in [1.54, 1.807) is 24.3 Å². The fourth-order valence-corrected chi connectivity index (χ4v) is 5.40. The van der Waals surface area contributed by atoms with Gasteiger partial charge in [-0.1, -0.05) is 65.2 Å². The van der Waals surface area contributed by atoms with Crippen LogP contribution in [-0.4, -0.2) is 40.1 Å². The highest BCUT2D eigenvalue weighted by molar-refractivity contribution is 6.42. The normalized spacial score (nSPS) is 25.0. The lowest BCUT2D eigenvalue weighted by Gasteiger charge is -2.31. The van der Waals surface area contributed by atoms with Crippen LogP contribution in [0.25, 0.3) is 0 Å². The van der Waals surface area contributed by atoms with Crippen LogP contribution in [0.5, 0.6) is 0 Å². The molecule has 1 saturated carbocycles. The average Bonchev–Trinajstić information content (AvgIpc) is 3.48. The number of rotatable bonds is 5. The van der Waals surface area contributed by atoms with Crippen LogP contribution in [0.1, 0.15) is 32.7 Å². The molecule has 4 atom stereocenters. The first-order valence-electron chi connectivity index (χ1n) is 10.7. The molecule has 0 spiro atoms. The van der Waals surface area contributed by atoms with Gasteiger partial charge in [0.15, 0.2) is 5.78 Å². The molecule has 2 aliphatic carbocycles. The first-order valence-corrected chi connectivity index (χ1v) is 11.4. The van der Waals surface area contributed by atoms with Crippen LogP contribution >= 0.6 is 23.2 Å². The number of carbonyl (C=O) groups is 4. The summed E-state index contributed by atoms with van der Waals surface area (Å²) in [5.41, 5.74) is 1.49. The number of aryl methyl sites for hydroxylation is 1. The first kappa shape index (κ1) is 21.9. The van der Waals surface area contributed by atoms with E-state index in [-0.39, 0.29) is 33.2 Å². The summed E-state index contributed by atoms with van der Waals surface area (Å²) in [6, 6.07) is 11.2. The van der Waals surface area contributed by atoms with E-state index < -0.39 is 36.1 Å². The van der Waals surface area contributed by atoms with Gasteiger partial charge in [0.2, 0.25) is 0 Å². The summed E-state index contributed by atoms with van der Waals surface area (Å²) in [5.74, 6) is -2.96. The lowest BCUT2D eigenvalue weighted by atomic mass is 9.85. The van der Waals surface area contributed by atoms with Crippen molar-refractivity contribution in [2.75, 3.05) is 6.54 Å². The highest BCUT2D eigenvalue weighted by atomic mass is 35.5. The Morgan fingerprint density at radius 3 is 2.06 bits per heavy atom. The van der Waals surface area contributed by atoms with E-state index >= 15 is 0 Å². The molecule has 1 aliphatic heterocycles. The molecule has 0 N–H and O–H groups in total. The molecule has 3 amide bonds. The fraction of sp³-hybridized carbons (Fsp3) is 0.280. The molecule has 8 heteroatoms. The number of halogens is 2. The van der Waals surface area contributed by atoms with E-state index in [1.165, 1.54) is 18.2 Å². The number of hydrogen-bond acceptors (Lipinski definition) is 4. The smallest absolute Gasteiger partial charge is 0.273 e. The van der Waals surface area contributed by atoms with Crippen LogP contribution in [0.2, 0.25) is 10.0 Å². The van der Waals surface area contributed by atoms with Crippen molar-refractivity contribution in [2.24, 2.45) is 23.7 Å². The summed E-state index contributed by atoms with van der Waals surface area (Å²) in [6.07, 6.45) is 4.72. The molecule has 3 aliphatic rings. The van der Waals surface area contributed by atoms with Crippen molar-refractivity contribution >= 4 is 46.7 Å². The topological polar surface area (TPSA) is 74.8 Å². The summed E-state index contributed by atoms with van der Waals surface area (Å²) >= 11 is 12.1. The second-order valence-electron chi connectivity index (χ2n) is 8.77. The Morgan fingerprint density at radius 2 is 1.48 bits per heavy atom.